The summed E-state index contributed by atoms with van der Waals surface area (Å²) in [6, 6.07) is 7.37. The van der Waals surface area contributed by atoms with E-state index in [-0.39, 0.29) is 5.82 Å². The lowest BCUT2D eigenvalue weighted by Crippen LogP contribution is -2.36. The van der Waals surface area contributed by atoms with Crippen LogP contribution in [0.25, 0.3) is 0 Å². The van der Waals surface area contributed by atoms with Gasteiger partial charge >= 0.3 is 0 Å². The lowest BCUT2D eigenvalue weighted by molar-refractivity contribution is 0.182. The fourth-order valence-electron chi connectivity index (χ4n) is 3.09. The van der Waals surface area contributed by atoms with Crippen LogP contribution in [0.15, 0.2) is 24.3 Å². The molecule has 1 saturated heterocycles. The van der Waals surface area contributed by atoms with Crippen LogP contribution in [0.4, 0.5) is 4.39 Å². The molecule has 1 fully saturated rings. The molecule has 1 aromatic rings. The summed E-state index contributed by atoms with van der Waals surface area (Å²) in [7, 11) is 2.19. The van der Waals surface area contributed by atoms with Crippen molar-refractivity contribution in [2.24, 2.45) is 5.92 Å². The first kappa shape index (κ1) is 14.5. The van der Waals surface area contributed by atoms with Crippen LogP contribution in [0.5, 0.6) is 0 Å². The number of benzene rings is 1. The second-order valence-electron chi connectivity index (χ2n) is 5.61. The van der Waals surface area contributed by atoms with Gasteiger partial charge in [0, 0.05) is 12.6 Å². The van der Waals surface area contributed by atoms with Gasteiger partial charge in [0.1, 0.15) is 5.82 Å². The average molecular weight is 264 g/mol. The van der Waals surface area contributed by atoms with Crippen LogP contribution < -0.4 is 5.32 Å². The van der Waals surface area contributed by atoms with Gasteiger partial charge in [0.25, 0.3) is 0 Å². The second-order valence-corrected chi connectivity index (χ2v) is 5.61. The topological polar surface area (TPSA) is 15.3 Å². The maximum atomic E-state index is 13.0. The van der Waals surface area contributed by atoms with Crippen LogP contribution in [0.1, 0.15) is 37.8 Å². The number of hydrogen-bond acceptors (Lipinski definition) is 2. The van der Waals surface area contributed by atoms with Crippen molar-refractivity contribution in [1.82, 2.24) is 10.2 Å². The van der Waals surface area contributed by atoms with Gasteiger partial charge in [-0.15, -0.1) is 0 Å². The first-order valence-corrected chi connectivity index (χ1v) is 7.37. The molecule has 1 aliphatic heterocycles. The Morgan fingerprint density at radius 3 is 2.47 bits per heavy atom. The third-order valence-electron chi connectivity index (χ3n) is 4.18. The Balaban J connectivity index is 1.97. The Bertz CT molecular complexity index is 371. The number of nitrogens with zero attached hydrogens (tertiary/aromatic N) is 1. The summed E-state index contributed by atoms with van der Waals surface area (Å²) in [5.41, 5.74) is 1.22. The number of nitrogens with one attached hydrogen (secondary N) is 1. The summed E-state index contributed by atoms with van der Waals surface area (Å²) in [6.07, 6.45) is 3.60. The Kier molecular flexibility index (Phi) is 5.34. The Hall–Kier alpha value is -0.930. The molecule has 0 aromatic heterocycles. The van der Waals surface area contributed by atoms with E-state index in [1.165, 1.54) is 18.4 Å². The minimum atomic E-state index is -0.153. The summed E-state index contributed by atoms with van der Waals surface area (Å²) in [4.78, 5) is 2.43. The second kappa shape index (κ2) is 7.01. The molecule has 0 radical (unpaired) electrons. The Morgan fingerprint density at radius 1 is 1.26 bits per heavy atom. The van der Waals surface area contributed by atoms with Gasteiger partial charge in [-0.25, -0.2) is 4.39 Å². The molecule has 0 saturated carbocycles. The maximum absolute atomic E-state index is 13.0. The third-order valence-corrected chi connectivity index (χ3v) is 4.18. The lowest BCUT2D eigenvalue weighted by atomic mass is 9.95. The van der Waals surface area contributed by atoms with Gasteiger partial charge in [0.2, 0.25) is 0 Å². The fourth-order valence-corrected chi connectivity index (χ4v) is 3.09. The van der Waals surface area contributed by atoms with Crippen molar-refractivity contribution in [3.8, 4) is 0 Å². The quantitative estimate of drug-likeness (QED) is 0.878. The summed E-state index contributed by atoms with van der Waals surface area (Å²) in [5.74, 6) is 0.639. The zero-order valence-corrected chi connectivity index (χ0v) is 12.0. The summed E-state index contributed by atoms with van der Waals surface area (Å²) < 4.78 is 13.0. The molecule has 1 N–H and O–H groups in total. The van der Waals surface area contributed by atoms with Crippen LogP contribution in [0, 0.1) is 11.7 Å². The molecule has 2 rings (SSSR count). The third kappa shape index (κ3) is 4.02. The molecule has 3 heteroatoms. The van der Waals surface area contributed by atoms with E-state index in [1.807, 2.05) is 12.1 Å². The molecule has 1 atom stereocenters. The zero-order valence-electron chi connectivity index (χ0n) is 12.0. The molecule has 0 bridgehead atoms. The van der Waals surface area contributed by atoms with Crippen LogP contribution in [0.3, 0.4) is 0 Å². The molecule has 1 unspecified atom stereocenters. The number of rotatable bonds is 5. The standard InChI is InChI=1S/C16H25FN2/c1-3-16(14-4-6-15(17)7-5-14)19(2)12-13-8-10-18-11-9-13/h4-7,13,16,18H,3,8-12H2,1-2H3. The Morgan fingerprint density at radius 2 is 1.89 bits per heavy atom. The van der Waals surface area contributed by atoms with Crippen molar-refractivity contribution in [3.63, 3.8) is 0 Å². The highest BCUT2D eigenvalue weighted by molar-refractivity contribution is 5.19. The number of halogens is 1. The monoisotopic (exact) mass is 264 g/mol. The Labute approximate surface area is 116 Å². The molecule has 0 amide bonds. The van der Waals surface area contributed by atoms with E-state index in [2.05, 4.69) is 24.2 Å². The first-order chi connectivity index (χ1) is 9.20. The summed E-state index contributed by atoms with van der Waals surface area (Å²) >= 11 is 0. The van der Waals surface area contributed by atoms with Gasteiger partial charge in [-0.1, -0.05) is 19.1 Å². The van der Waals surface area contributed by atoms with Crippen LogP contribution >= 0.6 is 0 Å². The van der Waals surface area contributed by atoms with E-state index in [1.54, 1.807) is 12.1 Å². The van der Waals surface area contributed by atoms with Crippen LogP contribution in [0.2, 0.25) is 0 Å². The van der Waals surface area contributed by atoms with Crippen molar-refractivity contribution in [2.45, 2.75) is 32.2 Å². The number of piperidine rings is 1. The van der Waals surface area contributed by atoms with Crippen LogP contribution in [-0.2, 0) is 0 Å². The highest BCUT2D eigenvalue weighted by atomic mass is 19.1. The molecule has 2 nitrogen and oxygen atoms in total. The predicted molar refractivity (Wildman–Crippen MR) is 77.7 cm³/mol. The fraction of sp³-hybridized carbons (Fsp3) is 0.625. The van der Waals surface area contributed by atoms with Crippen molar-refractivity contribution < 1.29 is 4.39 Å². The molecule has 1 aliphatic rings. The van der Waals surface area contributed by atoms with Gasteiger partial charge in [-0.05, 0) is 63.0 Å². The summed E-state index contributed by atoms with van der Waals surface area (Å²) in [5, 5.41) is 3.41. The first-order valence-electron chi connectivity index (χ1n) is 7.37. The molecule has 0 aliphatic carbocycles. The smallest absolute Gasteiger partial charge is 0.123 e. The minimum Gasteiger partial charge on any atom is -0.317 e. The highest BCUT2D eigenvalue weighted by Crippen LogP contribution is 2.25. The SMILES string of the molecule is CCC(c1ccc(F)cc1)N(C)CC1CCNCC1. The number of hydrogen-bond donors (Lipinski definition) is 1. The van der Waals surface area contributed by atoms with Crippen molar-refractivity contribution in [2.75, 3.05) is 26.7 Å². The average Bonchev–Trinajstić information content (AvgIpc) is 2.43. The zero-order chi connectivity index (χ0) is 13.7. The van der Waals surface area contributed by atoms with E-state index < -0.39 is 0 Å². The van der Waals surface area contributed by atoms with E-state index >= 15 is 0 Å². The van der Waals surface area contributed by atoms with Crippen LogP contribution in [-0.4, -0.2) is 31.6 Å². The largest absolute Gasteiger partial charge is 0.317 e. The van der Waals surface area contributed by atoms with Crippen molar-refractivity contribution in [3.05, 3.63) is 35.6 Å². The van der Waals surface area contributed by atoms with Gasteiger partial charge in [0.15, 0.2) is 0 Å². The molecule has 1 heterocycles. The normalized spacial score (nSPS) is 18.7. The maximum Gasteiger partial charge on any atom is 0.123 e. The van der Waals surface area contributed by atoms with E-state index in [4.69, 9.17) is 0 Å². The van der Waals surface area contributed by atoms with E-state index in [0.29, 0.717) is 6.04 Å². The highest BCUT2D eigenvalue weighted by Gasteiger charge is 2.20. The van der Waals surface area contributed by atoms with E-state index in [0.717, 1.165) is 32.0 Å². The minimum absolute atomic E-state index is 0.153. The van der Waals surface area contributed by atoms with Gasteiger partial charge in [-0.2, -0.15) is 0 Å². The van der Waals surface area contributed by atoms with Crippen molar-refractivity contribution >= 4 is 0 Å². The van der Waals surface area contributed by atoms with E-state index in [9.17, 15) is 4.39 Å². The molecule has 1 aromatic carbocycles. The van der Waals surface area contributed by atoms with Gasteiger partial charge in [-0.3, -0.25) is 4.90 Å². The summed E-state index contributed by atoms with van der Waals surface area (Å²) in [6.45, 7) is 5.63. The van der Waals surface area contributed by atoms with Gasteiger partial charge in [0.05, 0.1) is 0 Å². The molecular weight excluding hydrogens is 239 g/mol. The molecular formula is C16H25FN2. The molecule has 106 valence electrons. The molecule has 19 heavy (non-hydrogen) atoms. The van der Waals surface area contributed by atoms with Gasteiger partial charge < -0.3 is 5.32 Å². The molecule has 0 spiro atoms. The predicted octanol–water partition coefficient (Wildman–Crippen LogP) is 3.21. The lowest BCUT2D eigenvalue weighted by Gasteiger charge is -2.33. The van der Waals surface area contributed by atoms with Crippen molar-refractivity contribution in [1.29, 1.82) is 0 Å².